The molecule has 0 spiro atoms. The molecule has 1 aliphatic rings. The Labute approximate surface area is 214 Å². The third-order valence-corrected chi connectivity index (χ3v) is 7.82. The van der Waals surface area contributed by atoms with Crippen LogP contribution in [0.3, 0.4) is 0 Å². The fourth-order valence-corrected chi connectivity index (χ4v) is 5.27. The predicted octanol–water partition coefficient (Wildman–Crippen LogP) is 4.12. The van der Waals surface area contributed by atoms with Gasteiger partial charge < -0.3 is 9.80 Å². The number of hydrogen-bond acceptors (Lipinski definition) is 4. The van der Waals surface area contributed by atoms with Gasteiger partial charge in [0.15, 0.2) is 0 Å². The number of anilines is 1. The second-order valence-corrected chi connectivity index (χ2v) is 10.6. The van der Waals surface area contributed by atoms with Crippen molar-refractivity contribution in [1.82, 2.24) is 9.80 Å². The van der Waals surface area contributed by atoms with Crippen molar-refractivity contribution in [2.45, 2.75) is 18.2 Å². The van der Waals surface area contributed by atoms with E-state index in [4.69, 9.17) is 11.6 Å². The summed E-state index contributed by atoms with van der Waals surface area (Å²) in [7, 11) is -4.04. The standard InChI is InChI=1S/C26H25ClFN3O4S/c1-18-4-2-3-5-19(18)17-25(32)30-12-14-31(15-13-30)26(33)20-6-11-23(27)24(16-20)29-36(34,35)22-9-7-21(28)8-10-22/h2-11,16,29H,12-15,17H2,1H3. The van der Waals surface area contributed by atoms with Gasteiger partial charge in [0, 0.05) is 31.7 Å². The van der Waals surface area contributed by atoms with Crippen molar-refractivity contribution in [2.75, 3.05) is 30.9 Å². The number of rotatable bonds is 6. The number of carbonyl (C=O) groups excluding carboxylic acids is 2. The summed E-state index contributed by atoms with van der Waals surface area (Å²) in [6.07, 6.45) is 0.315. The van der Waals surface area contributed by atoms with E-state index >= 15 is 0 Å². The predicted molar refractivity (Wildman–Crippen MR) is 136 cm³/mol. The molecule has 1 aliphatic heterocycles. The molecule has 188 valence electrons. The summed E-state index contributed by atoms with van der Waals surface area (Å²) in [4.78, 5) is 29.1. The van der Waals surface area contributed by atoms with E-state index < -0.39 is 15.8 Å². The van der Waals surface area contributed by atoms with Crippen molar-refractivity contribution >= 4 is 39.1 Å². The maximum atomic E-state index is 13.2. The van der Waals surface area contributed by atoms with E-state index in [0.29, 0.717) is 32.6 Å². The number of carbonyl (C=O) groups is 2. The number of piperazine rings is 1. The zero-order chi connectivity index (χ0) is 25.9. The smallest absolute Gasteiger partial charge is 0.261 e. The van der Waals surface area contributed by atoms with Gasteiger partial charge >= 0.3 is 0 Å². The summed E-state index contributed by atoms with van der Waals surface area (Å²) < 4.78 is 40.9. The van der Waals surface area contributed by atoms with Gasteiger partial charge in [-0.05, 0) is 60.5 Å². The summed E-state index contributed by atoms with van der Waals surface area (Å²) in [6, 6.07) is 16.5. The van der Waals surface area contributed by atoms with Crippen LogP contribution >= 0.6 is 11.6 Å². The number of benzene rings is 3. The minimum atomic E-state index is -4.04. The van der Waals surface area contributed by atoms with Gasteiger partial charge in [0.1, 0.15) is 5.82 Å². The maximum Gasteiger partial charge on any atom is 0.261 e. The van der Waals surface area contributed by atoms with Crippen LogP contribution in [0.2, 0.25) is 5.02 Å². The monoisotopic (exact) mass is 529 g/mol. The van der Waals surface area contributed by atoms with Crippen LogP contribution in [0, 0.1) is 12.7 Å². The van der Waals surface area contributed by atoms with Crippen molar-refractivity contribution < 1.29 is 22.4 Å². The van der Waals surface area contributed by atoms with Crippen LogP contribution in [-0.2, 0) is 21.2 Å². The van der Waals surface area contributed by atoms with Gasteiger partial charge in [-0.2, -0.15) is 0 Å². The van der Waals surface area contributed by atoms with E-state index in [9.17, 15) is 22.4 Å². The first-order valence-electron chi connectivity index (χ1n) is 11.3. The second-order valence-electron chi connectivity index (χ2n) is 8.53. The molecule has 4 rings (SSSR count). The topological polar surface area (TPSA) is 86.8 Å². The molecule has 0 saturated carbocycles. The highest BCUT2D eigenvalue weighted by atomic mass is 35.5. The molecular weight excluding hydrogens is 505 g/mol. The first-order chi connectivity index (χ1) is 17.1. The Morgan fingerprint density at radius 2 is 1.58 bits per heavy atom. The number of amides is 2. The molecule has 0 aromatic heterocycles. The summed E-state index contributed by atoms with van der Waals surface area (Å²) in [5, 5.41) is 0.115. The molecule has 0 bridgehead atoms. The van der Waals surface area contributed by atoms with Crippen LogP contribution in [0.5, 0.6) is 0 Å². The molecule has 10 heteroatoms. The van der Waals surface area contributed by atoms with Gasteiger partial charge in [0.2, 0.25) is 5.91 Å². The lowest BCUT2D eigenvalue weighted by molar-refractivity contribution is -0.131. The molecule has 0 unspecified atom stereocenters. The number of nitrogens with one attached hydrogen (secondary N) is 1. The molecule has 0 atom stereocenters. The Morgan fingerprint density at radius 1 is 0.944 bits per heavy atom. The molecule has 0 radical (unpaired) electrons. The van der Waals surface area contributed by atoms with Crippen LogP contribution < -0.4 is 4.72 Å². The first kappa shape index (κ1) is 25.7. The van der Waals surface area contributed by atoms with E-state index in [1.807, 2.05) is 31.2 Å². The zero-order valence-electron chi connectivity index (χ0n) is 19.6. The molecular formula is C26H25ClFN3O4S. The number of halogens is 2. The fourth-order valence-electron chi connectivity index (χ4n) is 3.98. The van der Waals surface area contributed by atoms with Crippen LogP contribution in [0.1, 0.15) is 21.5 Å². The highest BCUT2D eigenvalue weighted by Gasteiger charge is 2.26. The second kappa shape index (κ2) is 10.7. The Morgan fingerprint density at radius 3 is 2.25 bits per heavy atom. The number of nitrogens with zero attached hydrogens (tertiary/aromatic N) is 2. The van der Waals surface area contributed by atoms with Gasteiger partial charge in [-0.3, -0.25) is 14.3 Å². The summed E-state index contributed by atoms with van der Waals surface area (Å²) >= 11 is 6.18. The highest BCUT2D eigenvalue weighted by Crippen LogP contribution is 2.27. The Bertz CT molecular complexity index is 1390. The molecule has 7 nitrogen and oxygen atoms in total. The van der Waals surface area contributed by atoms with Crippen LogP contribution in [0.15, 0.2) is 71.6 Å². The van der Waals surface area contributed by atoms with Crippen molar-refractivity contribution in [2.24, 2.45) is 0 Å². The van der Waals surface area contributed by atoms with Crippen molar-refractivity contribution in [3.63, 3.8) is 0 Å². The lowest BCUT2D eigenvalue weighted by Gasteiger charge is -2.35. The first-order valence-corrected chi connectivity index (χ1v) is 13.2. The quantitative estimate of drug-likeness (QED) is 0.520. The number of sulfonamides is 1. The molecule has 3 aromatic rings. The number of hydrogen-bond donors (Lipinski definition) is 1. The Hall–Kier alpha value is -3.43. The molecule has 1 fully saturated rings. The van der Waals surface area contributed by atoms with Crippen molar-refractivity contribution in [3.8, 4) is 0 Å². The fraction of sp³-hybridized carbons (Fsp3) is 0.231. The normalized spacial score (nSPS) is 14.0. The molecule has 1 heterocycles. The van der Waals surface area contributed by atoms with Crippen LogP contribution in [-0.4, -0.2) is 56.2 Å². The van der Waals surface area contributed by atoms with Crippen molar-refractivity contribution in [1.29, 1.82) is 0 Å². The van der Waals surface area contributed by atoms with Gasteiger partial charge in [-0.1, -0.05) is 35.9 Å². The van der Waals surface area contributed by atoms with E-state index in [1.165, 1.54) is 18.2 Å². The average molecular weight is 530 g/mol. The molecule has 36 heavy (non-hydrogen) atoms. The summed E-state index contributed by atoms with van der Waals surface area (Å²) in [5.41, 5.74) is 2.35. The van der Waals surface area contributed by atoms with Crippen LogP contribution in [0.4, 0.5) is 10.1 Å². The SMILES string of the molecule is Cc1ccccc1CC(=O)N1CCN(C(=O)c2ccc(Cl)c(NS(=O)(=O)c3ccc(F)cc3)c2)CC1. The van der Waals surface area contributed by atoms with E-state index in [-0.39, 0.29) is 33.0 Å². The molecule has 1 saturated heterocycles. The lowest BCUT2D eigenvalue weighted by Crippen LogP contribution is -2.51. The largest absolute Gasteiger partial charge is 0.339 e. The van der Waals surface area contributed by atoms with E-state index in [1.54, 1.807) is 9.80 Å². The Kier molecular flexibility index (Phi) is 7.61. The highest BCUT2D eigenvalue weighted by molar-refractivity contribution is 7.92. The van der Waals surface area contributed by atoms with Gasteiger partial charge in [-0.25, -0.2) is 12.8 Å². The maximum absolute atomic E-state index is 13.2. The third kappa shape index (κ3) is 5.85. The molecule has 2 amide bonds. The van der Waals surface area contributed by atoms with Crippen molar-refractivity contribution in [3.05, 3.63) is 94.3 Å². The lowest BCUT2D eigenvalue weighted by atomic mass is 10.1. The van der Waals surface area contributed by atoms with E-state index in [0.717, 1.165) is 35.4 Å². The van der Waals surface area contributed by atoms with E-state index in [2.05, 4.69) is 4.72 Å². The molecule has 0 aliphatic carbocycles. The Balaban J connectivity index is 1.41. The molecule has 1 N–H and O–H groups in total. The zero-order valence-corrected chi connectivity index (χ0v) is 21.2. The summed E-state index contributed by atoms with van der Waals surface area (Å²) in [6.45, 7) is 3.51. The minimum Gasteiger partial charge on any atom is -0.339 e. The van der Waals surface area contributed by atoms with Gasteiger partial charge in [0.05, 0.1) is 22.0 Å². The van der Waals surface area contributed by atoms with Crippen LogP contribution in [0.25, 0.3) is 0 Å². The number of aryl methyl sites for hydroxylation is 1. The molecule has 3 aromatic carbocycles. The van der Waals surface area contributed by atoms with Gasteiger partial charge in [0.25, 0.3) is 15.9 Å². The third-order valence-electron chi connectivity index (χ3n) is 6.10. The minimum absolute atomic E-state index is 0.0142. The van der Waals surface area contributed by atoms with Gasteiger partial charge in [-0.15, -0.1) is 0 Å². The average Bonchev–Trinajstić information content (AvgIpc) is 2.86. The summed E-state index contributed by atoms with van der Waals surface area (Å²) in [5.74, 6) is -0.836.